The summed E-state index contributed by atoms with van der Waals surface area (Å²) in [6, 6.07) is 39.2. The molecule has 8 nitrogen and oxygen atoms in total. The van der Waals surface area contributed by atoms with Gasteiger partial charge in [0.1, 0.15) is 11.6 Å². The van der Waals surface area contributed by atoms with Crippen molar-refractivity contribution in [3.05, 3.63) is 150 Å². The van der Waals surface area contributed by atoms with Crippen molar-refractivity contribution in [1.29, 1.82) is 0 Å². The van der Waals surface area contributed by atoms with Gasteiger partial charge < -0.3 is 9.13 Å². The molecule has 6 rings (SSSR count). The first-order chi connectivity index (χ1) is 22.5. The molecule has 4 aromatic carbocycles. The van der Waals surface area contributed by atoms with Crippen molar-refractivity contribution in [2.24, 2.45) is 0 Å². The highest BCUT2D eigenvalue weighted by molar-refractivity contribution is 7.98. The maximum Gasteiger partial charge on any atom is 0.263 e. The van der Waals surface area contributed by atoms with E-state index in [1.165, 1.54) is 0 Å². The van der Waals surface area contributed by atoms with E-state index in [0.29, 0.717) is 16.7 Å². The minimum atomic E-state index is -3.64. The molecule has 0 aliphatic rings. The maximum absolute atomic E-state index is 12.6. The van der Waals surface area contributed by atoms with Crippen LogP contribution >= 0.6 is 23.4 Å². The second kappa shape index (κ2) is 14.6. The van der Waals surface area contributed by atoms with Crippen LogP contribution in [0.5, 0.6) is 0 Å². The quantitative estimate of drug-likeness (QED) is 0.147. The zero-order valence-electron chi connectivity index (χ0n) is 25.8. The van der Waals surface area contributed by atoms with Crippen LogP contribution in [0.15, 0.2) is 148 Å². The van der Waals surface area contributed by atoms with Gasteiger partial charge in [-0.25, -0.2) is 16.8 Å². The van der Waals surface area contributed by atoms with Gasteiger partial charge in [-0.2, -0.15) is 0 Å². The van der Waals surface area contributed by atoms with Gasteiger partial charge in [0.05, 0.1) is 9.79 Å². The second-order valence-electron chi connectivity index (χ2n) is 10.4. The molecule has 0 aliphatic carbocycles. The number of hydrogen-bond acceptors (Lipinski definition) is 5. The topological polar surface area (TPSA) is 102 Å². The normalized spacial score (nSPS) is 11.4. The van der Waals surface area contributed by atoms with Crippen LogP contribution < -0.4 is 9.44 Å². The average molecular weight is 705 g/mol. The Morgan fingerprint density at radius 3 is 1.30 bits per heavy atom. The Hall–Kier alpha value is -4.42. The molecular weight excluding hydrogens is 672 g/mol. The van der Waals surface area contributed by atoms with E-state index in [1.54, 1.807) is 96.7 Å². The molecule has 0 atom stereocenters. The molecule has 12 heteroatoms. The fraction of sp³-hybridized carbons (Fsp3) is 0.0857. The molecule has 0 unspecified atom stereocenters. The Kier molecular flexibility index (Phi) is 10.5. The lowest BCUT2D eigenvalue weighted by Crippen LogP contribution is -2.15. The molecule has 47 heavy (non-hydrogen) atoms. The number of aromatic nitrogens is 2. The van der Waals surface area contributed by atoms with Gasteiger partial charge in [0, 0.05) is 32.7 Å². The van der Waals surface area contributed by atoms with Crippen LogP contribution in [0.2, 0.25) is 5.02 Å². The van der Waals surface area contributed by atoms with Crippen LogP contribution in [-0.4, -0.2) is 32.2 Å². The molecule has 2 aromatic heterocycles. The lowest BCUT2D eigenvalue weighted by atomic mass is 10.3. The van der Waals surface area contributed by atoms with Gasteiger partial charge in [-0.05, 0) is 117 Å². The highest BCUT2D eigenvalue weighted by atomic mass is 35.5. The summed E-state index contributed by atoms with van der Waals surface area (Å²) >= 11 is 7.59. The Bertz CT molecular complexity index is 2170. The summed E-state index contributed by atoms with van der Waals surface area (Å²) in [5, 5.41) is 0.630. The second-order valence-corrected chi connectivity index (χ2v) is 15.1. The van der Waals surface area contributed by atoms with Gasteiger partial charge in [-0.15, -0.1) is 11.8 Å². The van der Waals surface area contributed by atoms with Gasteiger partial charge in [-0.1, -0.05) is 48.0 Å². The molecule has 2 heterocycles. The van der Waals surface area contributed by atoms with E-state index < -0.39 is 20.0 Å². The number of nitrogens with one attached hydrogen (secondary N) is 2. The summed E-state index contributed by atoms with van der Waals surface area (Å²) in [7, 11) is -7.25. The summed E-state index contributed by atoms with van der Waals surface area (Å²) < 4.78 is 59.2. The van der Waals surface area contributed by atoms with Gasteiger partial charge >= 0.3 is 0 Å². The van der Waals surface area contributed by atoms with E-state index in [2.05, 4.69) is 9.44 Å². The molecule has 0 fully saturated rings. The van der Waals surface area contributed by atoms with Crippen molar-refractivity contribution < 1.29 is 16.8 Å². The lowest BCUT2D eigenvalue weighted by molar-refractivity contribution is 0.599. The molecule has 0 bridgehead atoms. The van der Waals surface area contributed by atoms with Crippen LogP contribution in [0.3, 0.4) is 0 Å². The first kappa shape index (κ1) is 33.9. The van der Waals surface area contributed by atoms with E-state index in [-0.39, 0.29) is 9.79 Å². The zero-order chi connectivity index (χ0) is 33.6. The minimum Gasteiger partial charge on any atom is -0.300 e. The molecule has 2 N–H and O–H groups in total. The SMILES string of the molecule is CSc1ccc(-n2c(C)ccc2NS(=O)(=O)c2ccccc2)cc1.Cc1ccc(NS(=O)(=O)c2ccccc2)n1-c1ccc(Cl)cc1. The molecule has 6 aromatic rings. The molecule has 0 saturated heterocycles. The number of thioether (sulfide) groups is 1. The number of sulfonamides is 2. The molecule has 0 amide bonds. The van der Waals surface area contributed by atoms with Crippen LogP contribution in [-0.2, 0) is 20.0 Å². The summed E-state index contributed by atoms with van der Waals surface area (Å²) in [5.41, 5.74) is 3.62. The van der Waals surface area contributed by atoms with Crippen LogP contribution in [0.1, 0.15) is 11.4 Å². The summed E-state index contributed by atoms with van der Waals surface area (Å²) in [5.74, 6) is 1.00. The summed E-state index contributed by atoms with van der Waals surface area (Å²) in [6.07, 6.45) is 2.02. The van der Waals surface area contributed by atoms with Crippen molar-refractivity contribution in [3.63, 3.8) is 0 Å². The molecule has 0 saturated carbocycles. The fourth-order valence-electron chi connectivity index (χ4n) is 4.84. The van der Waals surface area contributed by atoms with Crippen molar-refractivity contribution in [2.75, 3.05) is 15.7 Å². The largest absolute Gasteiger partial charge is 0.300 e. The van der Waals surface area contributed by atoms with Crippen molar-refractivity contribution in [3.8, 4) is 11.4 Å². The lowest BCUT2D eigenvalue weighted by Gasteiger charge is -2.14. The number of rotatable bonds is 9. The highest BCUT2D eigenvalue weighted by Crippen LogP contribution is 2.26. The Labute approximate surface area is 285 Å². The Morgan fingerprint density at radius 2 is 0.915 bits per heavy atom. The summed E-state index contributed by atoms with van der Waals surface area (Å²) in [4.78, 5) is 1.63. The van der Waals surface area contributed by atoms with Gasteiger partial charge in [0.2, 0.25) is 0 Å². The minimum absolute atomic E-state index is 0.224. The highest BCUT2D eigenvalue weighted by Gasteiger charge is 2.18. The van der Waals surface area contributed by atoms with Crippen molar-refractivity contribution in [1.82, 2.24) is 9.13 Å². The third kappa shape index (κ3) is 8.12. The van der Waals surface area contributed by atoms with Crippen LogP contribution in [0.25, 0.3) is 11.4 Å². The standard InChI is InChI=1S/C18H18N2O2S2.C17H15ClN2O2S/c1-14-8-13-18(19-24(21,22)17-6-4-3-5-7-17)20(14)15-9-11-16(23-2)12-10-15;1-13-7-12-17(20(13)15-10-8-14(18)9-11-15)19-23(21,22)16-5-3-2-4-6-16/h3-13,19H,1-2H3;2-12,19H,1H3. The monoisotopic (exact) mass is 704 g/mol. The fourth-order valence-corrected chi connectivity index (χ4v) is 7.51. The average Bonchev–Trinajstić information content (AvgIpc) is 3.62. The Morgan fingerprint density at radius 1 is 0.532 bits per heavy atom. The first-order valence-corrected chi connectivity index (χ1v) is 19.0. The number of benzene rings is 4. The van der Waals surface area contributed by atoms with Crippen molar-refractivity contribution in [2.45, 2.75) is 28.5 Å². The Balaban J connectivity index is 0.000000185. The molecule has 0 spiro atoms. The summed E-state index contributed by atoms with van der Waals surface area (Å²) in [6.45, 7) is 3.86. The molecule has 0 aliphatic heterocycles. The molecule has 0 radical (unpaired) electrons. The van der Waals surface area contributed by atoms with E-state index in [4.69, 9.17) is 11.6 Å². The number of aryl methyl sites for hydroxylation is 2. The van der Waals surface area contributed by atoms with Crippen LogP contribution in [0.4, 0.5) is 11.6 Å². The van der Waals surface area contributed by atoms with Crippen molar-refractivity contribution >= 4 is 55.0 Å². The predicted molar refractivity (Wildman–Crippen MR) is 192 cm³/mol. The number of hydrogen-bond donors (Lipinski definition) is 2. The number of anilines is 2. The van der Waals surface area contributed by atoms with Crippen LogP contribution in [0, 0.1) is 13.8 Å². The molecular formula is C35H33ClN4O4S3. The third-order valence-electron chi connectivity index (χ3n) is 7.15. The molecule has 242 valence electrons. The van der Waals surface area contributed by atoms with E-state index in [9.17, 15) is 16.8 Å². The maximum atomic E-state index is 12.6. The number of nitrogens with zero attached hydrogens (tertiary/aromatic N) is 2. The zero-order valence-corrected chi connectivity index (χ0v) is 29.0. The smallest absolute Gasteiger partial charge is 0.263 e. The van der Waals surface area contributed by atoms with E-state index in [1.807, 2.05) is 77.8 Å². The van der Waals surface area contributed by atoms with Gasteiger partial charge in [-0.3, -0.25) is 9.44 Å². The van der Waals surface area contributed by atoms with E-state index >= 15 is 0 Å². The van der Waals surface area contributed by atoms with Gasteiger partial charge in [0.15, 0.2) is 0 Å². The third-order valence-corrected chi connectivity index (χ3v) is 10.9. The number of halogens is 1. The van der Waals surface area contributed by atoms with E-state index in [0.717, 1.165) is 27.7 Å². The predicted octanol–water partition coefficient (Wildman–Crippen LogP) is 8.55. The van der Waals surface area contributed by atoms with Gasteiger partial charge in [0.25, 0.3) is 20.0 Å². The first-order valence-electron chi connectivity index (χ1n) is 14.4.